The van der Waals surface area contributed by atoms with Crippen LogP contribution in [0.1, 0.15) is 27.6 Å². The number of hydrazone groups is 1. The first-order valence-electron chi connectivity index (χ1n) is 4.79. The smallest absolute Gasteiger partial charge is 0.271 e. The van der Waals surface area contributed by atoms with Gasteiger partial charge in [-0.05, 0) is 31.2 Å². The van der Waals surface area contributed by atoms with E-state index in [-0.39, 0.29) is 11.8 Å². The van der Waals surface area contributed by atoms with Gasteiger partial charge in [-0.3, -0.25) is 9.59 Å². The quantitative estimate of drug-likeness (QED) is 0.582. The Balaban J connectivity index is 2.78. The monoisotopic (exact) mass is 219 g/mol. The van der Waals surface area contributed by atoms with Gasteiger partial charge in [0.25, 0.3) is 11.8 Å². The molecule has 0 saturated heterocycles. The van der Waals surface area contributed by atoms with Gasteiger partial charge in [-0.1, -0.05) is 0 Å². The van der Waals surface area contributed by atoms with Crippen LogP contribution in [0.4, 0.5) is 0 Å². The van der Waals surface area contributed by atoms with E-state index in [1.165, 1.54) is 6.21 Å². The second-order valence-electron chi connectivity index (χ2n) is 2.98. The van der Waals surface area contributed by atoms with E-state index in [2.05, 4.69) is 15.8 Å². The molecule has 0 unspecified atom stereocenters. The zero-order valence-corrected chi connectivity index (χ0v) is 9.15. The minimum Gasteiger partial charge on any atom is -0.355 e. The lowest BCUT2D eigenvalue weighted by Crippen LogP contribution is -2.19. The summed E-state index contributed by atoms with van der Waals surface area (Å²) in [6, 6.07) is 6.32. The highest BCUT2D eigenvalue weighted by Crippen LogP contribution is 2.04. The Kier molecular flexibility index (Phi) is 4.20. The molecule has 0 aliphatic rings. The van der Waals surface area contributed by atoms with Gasteiger partial charge < -0.3 is 5.32 Å². The molecule has 1 rings (SSSR count). The number of benzene rings is 1. The highest BCUT2D eigenvalue weighted by molar-refractivity contribution is 5.97. The molecule has 0 radical (unpaired) electrons. The van der Waals surface area contributed by atoms with Gasteiger partial charge in [-0.25, -0.2) is 5.43 Å². The van der Waals surface area contributed by atoms with Crippen LogP contribution in [-0.4, -0.2) is 25.1 Å². The van der Waals surface area contributed by atoms with Crippen molar-refractivity contribution in [3.63, 3.8) is 0 Å². The molecular formula is C11H13N3O2. The highest BCUT2D eigenvalue weighted by Gasteiger charge is 2.06. The van der Waals surface area contributed by atoms with Gasteiger partial charge in [0.15, 0.2) is 0 Å². The maximum Gasteiger partial charge on any atom is 0.271 e. The molecule has 1 aromatic carbocycles. The predicted octanol–water partition coefficient (Wildman–Crippen LogP) is 0.782. The minimum absolute atomic E-state index is 0.182. The largest absolute Gasteiger partial charge is 0.355 e. The third-order valence-electron chi connectivity index (χ3n) is 1.93. The lowest BCUT2D eigenvalue weighted by Gasteiger charge is -2.02. The van der Waals surface area contributed by atoms with Crippen LogP contribution in [0.3, 0.4) is 0 Å². The van der Waals surface area contributed by atoms with E-state index in [0.29, 0.717) is 11.1 Å². The van der Waals surface area contributed by atoms with E-state index >= 15 is 0 Å². The molecule has 0 spiro atoms. The Morgan fingerprint density at radius 3 is 2.06 bits per heavy atom. The van der Waals surface area contributed by atoms with Crippen molar-refractivity contribution in [3.05, 3.63) is 35.4 Å². The van der Waals surface area contributed by atoms with Gasteiger partial charge in [0.1, 0.15) is 0 Å². The van der Waals surface area contributed by atoms with Gasteiger partial charge in [0, 0.05) is 24.4 Å². The number of carbonyl (C=O) groups is 2. The molecule has 0 fully saturated rings. The number of hydrogen-bond donors (Lipinski definition) is 2. The molecule has 0 aliphatic heterocycles. The number of rotatable bonds is 3. The van der Waals surface area contributed by atoms with Crippen LogP contribution in [0, 0.1) is 0 Å². The first kappa shape index (κ1) is 11.9. The van der Waals surface area contributed by atoms with Crippen molar-refractivity contribution in [1.82, 2.24) is 10.7 Å². The molecule has 0 aliphatic carbocycles. The van der Waals surface area contributed by atoms with Gasteiger partial charge in [0.05, 0.1) is 0 Å². The SMILES string of the molecule is C/C=N/NC(=O)c1ccc(C(=O)NC)cc1. The summed E-state index contributed by atoms with van der Waals surface area (Å²) in [4.78, 5) is 22.7. The van der Waals surface area contributed by atoms with Crippen molar-refractivity contribution >= 4 is 18.0 Å². The summed E-state index contributed by atoms with van der Waals surface area (Å²) < 4.78 is 0. The Morgan fingerprint density at radius 1 is 1.12 bits per heavy atom. The number of carbonyl (C=O) groups excluding carboxylic acids is 2. The van der Waals surface area contributed by atoms with Crippen LogP contribution in [-0.2, 0) is 0 Å². The molecule has 0 bridgehead atoms. The molecule has 5 nitrogen and oxygen atoms in total. The van der Waals surface area contributed by atoms with Crippen LogP contribution in [0.5, 0.6) is 0 Å². The third-order valence-corrected chi connectivity index (χ3v) is 1.93. The normalized spacial score (nSPS) is 10.1. The maximum atomic E-state index is 11.4. The molecule has 0 heterocycles. The molecule has 0 aromatic heterocycles. The number of hydrogen-bond acceptors (Lipinski definition) is 3. The van der Waals surface area contributed by atoms with Crippen molar-refractivity contribution in [2.45, 2.75) is 6.92 Å². The Bertz CT molecular complexity index is 410. The topological polar surface area (TPSA) is 70.6 Å². The van der Waals surface area contributed by atoms with Crippen LogP contribution in [0.2, 0.25) is 0 Å². The van der Waals surface area contributed by atoms with Crippen LogP contribution in [0.25, 0.3) is 0 Å². The summed E-state index contributed by atoms with van der Waals surface area (Å²) in [6.45, 7) is 1.70. The van der Waals surface area contributed by atoms with Gasteiger partial charge in [0.2, 0.25) is 0 Å². The van der Waals surface area contributed by atoms with E-state index in [1.54, 1.807) is 38.2 Å². The molecular weight excluding hydrogens is 206 g/mol. The number of amides is 2. The summed E-state index contributed by atoms with van der Waals surface area (Å²) >= 11 is 0. The molecule has 16 heavy (non-hydrogen) atoms. The summed E-state index contributed by atoms with van der Waals surface area (Å²) in [5.74, 6) is -0.486. The fourth-order valence-corrected chi connectivity index (χ4v) is 1.11. The molecule has 84 valence electrons. The zero-order chi connectivity index (χ0) is 12.0. The summed E-state index contributed by atoms with van der Waals surface area (Å²) in [6.07, 6.45) is 1.48. The molecule has 0 saturated carbocycles. The van der Waals surface area contributed by atoms with Crippen molar-refractivity contribution < 1.29 is 9.59 Å². The van der Waals surface area contributed by atoms with E-state index < -0.39 is 0 Å². The molecule has 1 aromatic rings. The zero-order valence-electron chi connectivity index (χ0n) is 9.15. The molecule has 2 amide bonds. The van der Waals surface area contributed by atoms with Crippen molar-refractivity contribution in [1.29, 1.82) is 0 Å². The second kappa shape index (κ2) is 5.65. The predicted molar refractivity (Wildman–Crippen MR) is 61.5 cm³/mol. The van der Waals surface area contributed by atoms with E-state index in [4.69, 9.17) is 0 Å². The van der Waals surface area contributed by atoms with Crippen LogP contribution < -0.4 is 10.7 Å². The van der Waals surface area contributed by atoms with E-state index in [1.807, 2.05) is 0 Å². The molecule has 5 heteroatoms. The van der Waals surface area contributed by atoms with Gasteiger partial charge >= 0.3 is 0 Å². The fourth-order valence-electron chi connectivity index (χ4n) is 1.11. The van der Waals surface area contributed by atoms with Crippen LogP contribution in [0.15, 0.2) is 29.4 Å². The van der Waals surface area contributed by atoms with Gasteiger partial charge in [-0.2, -0.15) is 5.10 Å². The third kappa shape index (κ3) is 2.91. The lowest BCUT2D eigenvalue weighted by molar-refractivity contribution is 0.0946. The molecule has 0 atom stereocenters. The summed E-state index contributed by atoms with van der Waals surface area (Å²) in [5, 5.41) is 6.12. The highest BCUT2D eigenvalue weighted by atomic mass is 16.2. The van der Waals surface area contributed by atoms with Gasteiger partial charge in [-0.15, -0.1) is 0 Å². The van der Waals surface area contributed by atoms with Crippen molar-refractivity contribution in [2.75, 3.05) is 7.05 Å². The Morgan fingerprint density at radius 2 is 1.62 bits per heavy atom. The second-order valence-corrected chi connectivity index (χ2v) is 2.98. The summed E-state index contributed by atoms with van der Waals surface area (Å²) in [5.41, 5.74) is 3.31. The first-order chi connectivity index (χ1) is 7.69. The lowest BCUT2D eigenvalue weighted by atomic mass is 10.1. The Labute approximate surface area is 93.5 Å². The number of nitrogens with one attached hydrogen (secondary N) is 2. The average molecular weight is 219 g/mol. The van der Waals surface area contributed by atoms with Crippen LogP contribution >= 0.6 is 0 Å². The fraction of sp³-hybridized carbons (Fsp3) is 0.182. The standard InChI is InChI=1S/C11H13N3O2/c1-3-13-14-11(16)9-6-4-8(5-7-9)10(15)12-2/h3-7H,1-2H3,(H,12,15)(H,14,16)/b13-3+. The summed E-state index contributed by atoms with van der Waals surface area (Å²) in [7, 11) is 1.55. The van der Waals surface area contributed by atoms with E-state index in [9.17, 15) is 9.59 Å². The maximum absolute atomic E-state index is 11.4. The molecule has 2 N–H and O–H groups in total. The van der Waals surface area contributed by atoms with Crippen molar-refractivity contribution in [2.24, 2.45) is 5.10 Å². The Hall–Kier alpha value is -2.17. The minimum atomic E-state index is -0.304. The average Bonchev–Trinajstić information content (AvgIpc) is 2.35. The number of nitrogens with zero attached hydrogens (tertiary/aromatic N) is 1. The van der Waals surface area contributed by atoms with Crippen molar-refractivity contribution in [3.8, 4) is 0 Å². The first-order valence-corrected chi connectivity index (χ1v) is 4.79. The van der Waals surface area contributed by atoms with E-state index in [0.717, 1.165) is 0 Å².